The molecule has 20 heavy (non-hydrogen) atoms. The summed E-state index contributed by atoms with van der Waals surface area (Å²) in [5.41, 5.74) is -0.376. The molecule has 2 N–H and O–H groups in total. The SMILES string of the molecule is CCC(CC)(CC(=O)O)NC(=O)C1CCCC(C)(C)C1. The molecule has 0 bridgehead atoms. The van der Waals surface area contributed by atoms with Gasteiger partial charge in [0.25, 0.3) is 0 Å². The Bertz CT molecular complexity index is 359. The number of carboxylic acids is 1. The first-order chi connectivity index (χ1) is 9.23. The standard InChI is InChI=1S/C16H29NO3/c1-5-16(6-2,11-13(18)19)17-14(20)12-8-7-9-15(3,4)10-12/h12H,5-11H2,1-4H3,(H,17,20)(H,18,19). The zero-order chi connectivity index (χ0) is 15.4. The van der Waals surface area contributed by atoms with Gasteiger partial charge in [-0.15, -0.1) is 0 Å². The number of carboxylic acid groups (broad SMARTS) is 1. The van der Waals surface area contributed by atoms with Crippen molar-refractivity contribution in [1.29, 1.82) is 0 Å². The zero-order valence-corrected chi connectivity index (χ0v) is 13.3. The highest BCUT2D eigenvalue weighted by Crippen LogP contribution is 2.39. The van der Waals surface area contributed by atoms with Crippen LogP contribution in [-0.2, 0) is 9.59 Å². The van der Waals surface area contributed by atoms with Gasteiger partial charge in [0.1, 0.15) is 0 Å². The van der Waals surface area contributed by atoms with Crippen molar-refractivity contribution in [3.05, 3.63) is 0 Å². The van der Waals surface area contributed by atoms with E-state index < -0.39 is 11.5 Å². The van der Waals surface area contributed by atoms with Gasteiger partial charge in [-0.25, -0.2) is 0 Å². The van der Waals surface area contributed by atoms with E-state index in [0.29, 0.717) is 12.8 Å². The summed E-state index contributed by atoms with van der Waals surface area (Å²) < 4.78 is 0. The topological polar surface area (TPSA) is 66.4 Å². The van der Waals surface area contributed by atoms with Gasteiger partial charge in [-0.2, -0.15) is 0 Å². The van der Waals surface area contributed by atoms with Crippen LogP contribution in [0.5, 0.6) is 0 Å². The summed E-state index contributed by atoms with van der Waals surface area (Å²) in [6.45, 7) is 8.29. The van der Waals surface area contributed by atoms with Gasteiger partial charge in [-0.05, 0) is 37.5 Å². The molecule has 1 fully saturated rings. The maximum atomic E-state index is 12.5. The summed E-state index contributed by atoms with van der Waals surface area (Å²) in [6, 6.07) is 0. The number of hydrogen-bond acceptors (Lipinski definition) is 2. The molecule has 0 aromatic carbocycles. The second-order valence-corrected chi connectivity index (χ2v) is 7.00. The van der Waals surface area contributed by atoms with Crippen LogP contribution in [0.4, 0.5) is 0 Å². The van der Waals surface area contributed by atoms with Gasteiger partial charge in [0.15, 0.2) is 0 Å². The average molecular weight is 283 g/mol. The maximum absolute atomic E-state index is 12.5. The lowest BCUT2D eigenvalue weighted by atomic mass is 9.71. The van der Waals surface area contributed by atoms with Crippen LogP contribution in [-0.4, -0.2) is 22.5 Å². The van der Waals surface area contributed by atoms with Gasteiger partial charge in [-0.3, -0.25) is 9.59 Å². The van der Waals surface area contributed by atoms with Gasteiger partial charge in [0.2, 0.25) is 5.91 Å². The monoisotopic (exact) mass is 283 g/mol. The van der Waals surface area contributed by atoms with Gasteiger partial charge in [0, 0.05) is 11.5 Å². The molecule has 1 unspecified atom stereocenters. The van der Waals surface area contributed by atoms with Crippen LogP contribution in [0.3, 0.4) is 0 Å². The lowest BCUT2D eigenvalue weighted by molar-refractivity contribution is -0.139. The Morgan fingerprint density at radius 3 is 2.35 bits per heavy atom. The van der Waals surface area contributed by atoms with Crippen molar-refractivity contribution < 1.29 is 14.7 Å². The van der Waals surface area contributed by atoms with E-state index in [1.807, 2.05) is 13.8 Å². The molecule has 1 atom stereocenters. The number of hydrogen-bond donors (Lipinski definition) is 2. The predicted molar refractivity (Wildman–Crippen MR) is 79.4 cm³/mol. The van der Waals surface area contributed by atoms with E-state index in [0.717, 1.165) is 19.3 Å². The minimum absolute atomic E-state index is 0.00184. The molecule has 1 aliphatic rings. The third-order valence-electron chi connectivity index (χ3n) is 4.81. The Balaban J connectivity index is 2.73. The molecule has 0 heterocycles. The van der Waals surface area contributed by atoms with E-state index in [1.54, 1.807) is 0 Å². The largest absolute Gasteiger partial charge is 0.481 e. The van der Waals surface area contributed by atoms with Gasteiger partial charge in [0.05, 0.1) is 6.42 Å². The predicted octanol–water partition coefficient (Wildman–Crippen LogP) is 3.35. The highest BCUT2D eigenvalue weighted by molar-refractivity contribution is 5.80. The number of rotatable bonds is 6. The minimum Gasteiger partial charge on any atom is -0.481 e. The van der Waals surface area contributed by atoms with Crippen molar-refractivity contribution in [3.63, 3.8) is 0 Å². The summed E-state index contributed by atoms with van der Waals surface area (Å²) in [5.74, 6) is -0.772. The zero-order valence-electron chi connectivity index (χ0n) is 13.3. The van der Waals surface area contributed by atoms with Crippen molar-refractivity contribution in [1.82, 2.24) is 5.32 Å². The van der Waals surface area contributed by atoms with Crippen LogP contribution in [0.15, 0.2) is 0 Å². The Morgan fingerprint density at radius 2 is 1.90 bits per heavy atom. The Hall–Kier alpha value is -1.06. The number of carbonyl (C=O) groups is 2. The molecule has 4 heteroatoms. The quantitative estimate of drug-likeness (QED) is 0.785. The van der Waals surface area contributed by atoms with Crippen molar-refractivity contribution in [2.45, 2.75) is 78.2 Å². The van der Waals surface area contributed by atoms with Gasteiger partial charge in [-0.1, -0.05) is 34.1 Å². The van der Waals surface area contributed by atoms with Crippen LogP contribution in [0.25, 0.3) is 0 Å². The molecule has 1 amide bonds. The molecule has 0 spiro atoms. The first-order valence-electron chi connectivity index (χ1n) is 7.77. The van der Waals surface area contributed by atoms with Crippen LogP contribution >= 0.6 is 0 Å². The minimum atomic E-state index is -0.849. The summed E-state index contributed by atoms with van der Waals surface area (Å²) in [5, 5.41) is 12.1. The second-order valence-electron chi connectivity index (χ2n) is 7.00. The number of carbonyl (C=O) groups excluding carboxylic acids is 1. The van der Waals surface area contributed by atoms with Crippen molar-refractivity contribution in [2.75, 3.05) is 0 Å². The van der Waals surface area contributed by atoms with Crippen LogP contribution < -0.4 is 5.32 Å². The fourth-order valence-electron chi connectivity index (χ4n) is 3.30. The molecular weight excluding hydrogens is 254 g/mol. The molecule has 4 nitrogen and oxygen atoms in total. The van der Waals surface area contributed by atoms with Crippen LogP contribution in [0, 0.1) is 11.3 Å². The molecule has 1 saturated carbocycles. The molecule has 116 valence electrons. The molecule has 0 saturated heterocycles. The molecule has 0 aromatic heterocycles. The summed E-state index contributed by atoms with van der Waals surface area (Å²) in [4.78, 5) is 23.5. The fraction of sp³-hybridized carbons (Fsp3) is 0.875. The average Bonchev–Trinajstić information content (AvgIpc) is 2.36. The van der Waals surface area contributed by atoms with Gasteiger partial charge < -0.3 is 10.4 Å². The first-order valence-corrected chi connectivity index (χ1v) is 7.77. The highest BCUT2D eigenvalue weighted by atomic mass is 16.4. The number of aliphatic carboxylic acids is 1. The molecule has 0 radical (unpaired) electrons. The third kappa shape index (κ3) is 4.50. The highest BCUT2D eigenvalue weighted by Gasteiger charge is 2.36. The third-order valence-corrected chi connectivity index (χ3v) is 4.81. The van der Waals surface area contributed by atoms with E-state index in [4.69, 9.17) is 5.11 Å². The Morgan fingerprint density at radius 1 is 1.30 bits per heavy atom. The second kappa shape index (κ2) is 6.59. The smallest absolute Gasteiger partial charge is 0.305 e. The van der Waals surface area contributed by atoms with E-state index in [2.05, 4.69) is 19.2 Å². The normalized spacial score (nSPS) is 22.3. The molecule has 1 rings (SSSR count). The van der Waals surface area contributed by atoms with E-state index >= 15 is 0 Å². The molecule has 0 aromatic rings. The van der Waals surface area contributed by atoms with E-state index in [-0.39, 0.29) is 23.7 Å². The van der Waals surface area contributed by atoms with Crippen molar-refractivity contribution >= 4 is 11.9 Å². The van der Waals surface area contributed by atoms with E-state index in [9.17, 15) is 9.59 Å². The number of nitrogens with one attached hydrogen (secondary N) is 1. The lowest BCUT2D eigenvalue weighted by Gasteiger charge is -2.38. The number of amides is 1. The van der Waals surface area contributed by atoms with Gasteiger partial charge >= 0.3 is 5.97 Å². The Kier molecular flexibility index (Phi) is 5.60. The lowest BCUT2D eigenvalue weighted by Crippen LogP contribution is -2.51. The van der Waals surface area contributed by atoms with Crippen molar-refractivity contribution in [3.8, 4) is 0 Å². The summed E-state index contributed by atoms with van der Waals surface area (Å²) in [7, 11) is 0. The fourth-order valence-corrected chi connectivity index (χ4v) is 3.30. The summed E-state index contributed by atoms with van der Waals surface area (Å²) >= 11 is 0. The Labute approximate surface area is 122 Å². The van der Waals surface area contributed by atoms with Crippen molar-refractivity contribution in [2.24, 2.45) is 11.3 Å². The van der Waals surface area contributed by atoms with E-state index in [1.165, 1.54) is 6.42 Å². The maximum Gasteiger partial charge on any atom is 0.305 e. The molecule has 1 aliphatic carbocycles. The van der Waals surface area contributed by atoms with Crippen LogP contribution in [0.2, 0.25) is 0 Å². The van der Waals surface area contributed by atoms with Crippen LogP contribution in [0.1, 0.15) is 72.6 Å². The molecule has 0 aliphatic heterocycles. The molecular formula is C16H29NO3. The first kappa shape index (κ1) is 17.0. The summed E-state index contributed by atoms with van der Waals surface area (Å²) in [6.07, 6.45) is 5.37.